The van der Waals surface area contributed by atoms with Gasteiger partial charge in [-0.15, -0.1) is 0 Å². The van der Waals surface area contributed by atoms with Crippen molar-refractivity contribution in [2.45, 2.75) is 0 Å². The molecule has 78 valence electrons. The van der Waals surface area contributed by atoms with Crippen molar-refractivity contribution in [1.29, 1.82) is 0 Å². The van der Waals surface area contributed by atoms with Crippen LogP contribution in [0.1, 0.15) is 0 Å². The number of benzene rings is 1. The first-order valence-electron chi connectivity index (χ1n) is 4.04. The summed E-state index contributed by atoms with van der Waals surface area (Å²) in [5.41, 5.74) is 5.82. The summed E-state index contributed by atoms with van der Waals surface area (Å²) in [4.78, 5) is 6.33. The number of nitrogens with two attached hydrogens (primary N) is 1. The Hall–Kier alpha value is -1.62. The minimum atomic E-state index is -0.833. The molecule has 0 saturated carbocycles. The maximum Gasteiger partial charge on any atom is 0.197 e. The Kier molecular flexibility index (Phi) is 2.32. The number of aromatic amines is 1. The molecule has 0 saturated heterocycles. The average Bonchev–Trinajstić information content (AvgIpc) is 2.61. The monoisotopic (exact) mass is 229 g/mol. The lowest BCUT2D eigenvalue weighted by Gasteiger charge is -2.02. The van der Waals surface area contributed by atoms with Crippen molar-refractivity contribution in [3.63, 3.8) is 0 Å². The van der Waals surface area contributed by atoms with Gasteiger partial charge in [0.25, 0.3) is 0 Å². The predicted molar refractivity (Wildman–Crippen MR) is 53.4 cm³/mol. The molecule has 2 aromatic rings. The molecule has 0 unspecified atom stereocenters. The summed E-state index contributed by atoms with van der Waals surface area (Å²) in [7, 11) is 0. The van der Waals surface area contributed by atoms with E-state index >= 15 is 0 Å². The van der Waals surface area contributed by atoms with Gasteiger partial charge < -0.3 is 10.7 Å². The number of halogens is 3. The maximum absolute atomic E-state index is 13.5. The first-order chi connectivity index (χ1) is 7.09. The first kappa shape index (κ1) is 9.92. The summed E-state index contributed by atoms with van der Waals surface area (Å²) < 4.78 is 26.4. The van der Waals surface area contributed by atoms with E-state index in [1.165, 1.54) is 12.3 Å². The topological polar surface area (TPSA) is 54.7 Å². The number of hydrogen-bond acceptors (Lipinski definition) is 2. The van der Waals surface area contributed by atoms with E-state index in [9.17, 15) is 8.78 Å². The number of nitrogens with one attached hydrogen (secondary N) is 1. The molecule has 3 N–H and O–H groups in total. The van der Waals surface area contributed by atoms with Gasteiger partial charge in [0.15, 0.2) is 11.8 Å². The Labute approximate surface area is 88.9 Å². The molecule has 3 nitrogen and oxygen atoms in total. The van der Waals surface area contributed by atoms with E-state index in [0.717, 1.165) is 6.07 Å². The van der Waals surface area contributed by atoms with Crippen LogP contribution in [0.3, 0.4) is 0 Å². The Morgan fingerprint density at radius 3 is 2.67 bits per heavy atom. The molecular weight excluding hydrogens is 224 g/mol. The lowest BCUT2D eigenvalue weighted by atomic mass is 10.1. The highest BCUT2D eigenvalue weighted by atomic mass is 35.5. The van der Waals surface area contributed by atoms with Crippen molar-refractivity contribution in [2.24, 2.45) is 0 Å². The first-order valence-corrected chi connectivity index (χ1v) is 4.41. The number of hydrogen-bond donors (Lipinski definition) is 2. The summed E-state index contributed by atoms with van der Waals surface area (Å²) in [6, 6.07) is 2.35. The highest BCUT2D eigenvalue weighted by Gasteiger charge is 2.14. The fraction of sp³-hybridized carbons (Fsp3) is 0. The van der Waals surface area contributed by atoms with Crippen molar-refractivity contribution in [2.75, 3.05) is 5.73 Å². The van der Waals surface area contributed by atoms with Crippen LogP contribution in [0.4, 0.5) is 14.7 Å². The van der Waals surface area contributed by atoms with Gasteiger partial charge >= 0.3 is 0 Å². The van der Waals surface area contributed by atoms with Gasteiger partial charge in [0.05, 0.1) is 11.9 Å². The number of aromatic nitrogens is 2. The highest BCUT2D eigenvalue weighted by Crippen LogP contribution is 2.28. The van der Waals surface area contributed by atoms with Gasteiger partial charge in [-0.25, -0.2) is 13.8 Å². The fourth-order valence-electron chi connectivity index (χ4n) is 1.21. The van der Waals surface area contributed by atoms with Gasteiger partial charge in [-0.2, -0.15) is 0 Å². The summed E-state index contributed by atoms with van der Waals surface area (Å²) >= 11 is 5.42. The van der Waals surface area contributed by atoms with Gasteiger partial charge in [-0.1, -0.05) is 11.6 Å². The second-order valence-corrected chi connectivity index (χ2v) is 3.28. The summed E-state index contributed by atoms with van der Waals surface area (Å²) in [6.07, 6.45) is 1.35. The summed E-state index contributed by atoms with van der Waals surface area (Å²) in [5.74, 6) is -1.48. The van der Waals surface area contributed by atoms with Gasteiger partial charge in [-0.05, 0) is 12.1 Å². The van der Waals surface area contributed by atoms with E-state index in [1.807, 2.05) is 0 Å². The largest absolute Gasteiger partial charge is 0.369 e. The van der Waals surface area contributed by atoms with Gasteiger partial charge in [-0.3, -0.25) is 0 Å². The Bertz CT molecular complexity index is 510. The molecule has 0 radical (unpaired) electrons. The van der Waals surface area contributed by atoms with Crippen molar-refractivity contribution in [1.82, 2.24) is 9.97 Å². The number of imidazole rings is 1. The minimum absolute atomic E-state index is 0.130. The average molecular weight is 230 g/mol. The number of nitrogen functional groups attached to an aromatic ring is 1. The number of H-pyrrole nitrogens is 1. The van der Waals surface area contributed by atoms with Crippen LogP contribution >= 0.6 is 11.6 Å². The van der Waals surface area contributed by atoms with Crippen molar-refractivity contribution in [3.05, 3.63) is 35.0 Å². The smallest absolute Gasteiger partial charge is 0.197 e. The van der Waals surface area contributed by atoms with E-state index in [1.54, 1.807) is 0 Å². The zero-order valence-electron chi connectivity index (χ0n) is 7.39. The van der Waals surface area contributed by atoms with Gasteiger partial charge in [0.1, 0.15) is 10.8 Å². The van der Waals surface area contributed by atoms with E-state index in [4.69, 9.17) is 17.3 Å². The third-order valence-electron chi connectivity index (χ3n) is 1.92. The van der Waals surface area contributed by atoms with Crippen LogP contribution in [0.15, 0.2) is 18.3 Å². The zero-order chi connectivity index (χ0) is 11.0. The molecule has 0 bridgehead atoms. The molecule has 0 aliphatic heterocycles. The molecule has 0 aliphatic carbocycles. The van der Waals surface area contributed by atoms with Crippen molar-refractivity contribution < 1.29 is 8.78 Å². The number of anilines is 1. The quantitative estimate of drug-likeness (QED) is 0.739. The third-order valence-corrected chi connectivity index (χ3v) is 2.27. The van der Waals surface area contributed by atoms with Crippen molar-refractivity contribution >= 4 is 17.5 Å². The molecule has 1 heterocycles. The Morgan fingerprint density at radius 1 is 1.33 bits per heavy atom. The molecule has 1 aromatic carbocycles. The minimum Gasteiger partial charge on any atom is -0.369 e. The lowest BCUT2D eigenvalue weighted by Crippen LogP contribution is -1.90. The Morgan fingerprint density at radius 2 is 2.07 bits per heavy atom. The molecule has 15 heavy (non-hydrogen) atoms. The maximum atomic E-state index is 13.5. The highest BCUT2D eigenvalue weighted by molar-refractivity contribution is 6.31. The predicted octanol–water partition coefficient (Wildman–Crippen LogP) is 2.59. The van der Waals surface area contributed by atoms with Crippen LogP contribution in [0.5, 0.6) is 0 Å². The summed E-state index contributed by atoms with van der Waals surface area (Å²) in [5, 5.41) is -0.541. The van der Waals surface area contributed by atoms with Gasteiger partial charge in [0, 0.05) is 5.56 Å². The summed E-state index contributed by atoms with van der Waals surface area (Å²) in [6.45, 7) is 0. The molecule has 2 rings (SSSR count). The Balaban J connectivity index is 2.59. The normalized spacial score (nSPS) is 10.6. The van der Waals surface area contributed by atoms with Gasteiger partial charge in [0.2, 0.25) is 0 Å². The van der Waals surface area contributed by atoms with E-state index < -0.39 is 16.7 Å². The fourth-order valence-corrected chi connectivity index (χ4v) is 1.37. The van der Waals surface area contributed by atoms with Crippen LogP contribution in [0.2, 0.25) is 5.02 Å². The van der Waals surface area contributed by atoms with E-state index in [-0.39, 0.29) is 11.5 Å². The van der Waals surface area contributed by atoms with Crippen LogP contribution in [0, 0.1) is 11.6 Å². The SMILES string of the molecule is Nc1ncc(-c2ccc(F)c(Cl)c2F)[nH]1. The standard InChI is InChI=1S/C9H6ClF2N3/c10-7-5(11)2-1-4(8(7)12)6-3-14-9(13)15-6/h1-3H,(H3,13,14,15). The molecule has 0 fully saturated rings. The van der Waals surface area contributed by atoms with Crippen LogP contribution in [0.25, 0.3) is 11.3 Å². The molecular formula is C9H6ClF2N3. The van der Waals surface area contributed by atoms with Crippen molar-refractivity contribution in [3.8, 4) is 11.3 Å². The zero-order valence-corrected chi connectivity index (χ0v) is 8.15. The molecule has 0 spiro atoms. The molecule has 0 aliphatic rings. The van der Waals surface area contributed by atoms with E-state index in [2.05, 4.69) is 9.97 Å². The van der Waals surface area contributed by atoms with Crippen LogP contribution < -0.4 is 5.73 Å². The second kappa shape index (κ2) is 3.51. The molecule has 6 heteroatoms. The van der Waals surface area contributed by atoms with Crippen LogP contribution in [-0.4, -0.2) is 9.97 Å². The number of rotatable bonds is 1. The molecule has 0 atom stereocenters. The second-order valence-electron chi connectivity index (χ2n) is 2.91. The number of nitrogens with zero attached hydrogens (tertiary/aromatic N) is 1. The molecule has 1 aromatic heterocycles. The lowest BCUT2D eigenvalue weighted by molar-refractivity contribution is 0.586. The molecule has 0 amide bonds. The third kappa shape index (κ3) is 1.66. The van der Waals surface area contributed by atoms with E-state index in [0.29, 0.717) is 5.69 Å². The van der Waals surface area contributed by atoms with Crippen LogP contribution in [-0.2, 0) is 0 Å².